The number of unbranched alkanes of at least 4 members (excludes halogenated alkanes) is 1. The highest BCUT2D eigenvalue weighted by molar-refractivity contribution is 5.94. The van der Waals surface area contributed by atoms with Crippen molar-refractivity contribution in [1.29, 1.82) is 0 Å². The van der Waals surface area contributed by atoms with E-state index >= 15 is 0 Å². The van der Waals surface area contributed by atoms with Gasteiger partial charge in [-0.1, -0.05) is 37.6 Å². The Bertz CT molecular complexity index is 1060. The first-order valence-corrected chi connectivity index (χ1v) is 10.4. The van der Waals surface area contributed by atoms with Crippen molar-refractivity contribution in [2.45, 2.75) is 45.7 Å². The third kappa shape index (κ3) is 4.94. The standard InChI is InChI=1S/C24H29N3O3/c1-4-5-8-18-11-13-19(14-12-18)23(28)25-17(2)22-26-21-10-7-6-9-20(21)24(29)27(22)15-16-30-3/h6-7,9-14,17H,4-5,8,15-16H2,1-3H3,(H,25,28)/t17-/m0/s1. The number of rotatable bonds is 9. The van der Waals surface area contributed by atoms with Crippen LogP contribution >= 0.6 is 0 Å². The predicted molar refractivity (Wildman–Crippen MR) is 119 cm³/mol. The fourth-order valence-electron chi connectivity index (χ4n) is 3.46. The van der Waals surface area contributed by atoms with Gasteiger partial charge in [0.15, 0.2) is 0 Å². The first-order valence-electron chi connectivity index (χ1n) is 10.4. The van der Waals surface area contributed by atoms with Crippen LogP contribution in [-0.2, 0) is 17.7 Å². The van der Waals surface area contributed by atoms with Crippen LogP contribution in [0.4, 0.5) is 0 Å². The number of amides is 1. The first kappa shape index (κ1) is 21.7. The lowest BCUT2D eigenvalue weighted by molar-refractivity contribution is 0.0937. The Morgan fingerprint density at radius 1 is 1.17 bits per heavy atom. The van der Waals surface area contributed by atoms with E-state index in [4.69, 9.17) is 4.74 Å². The van der Waals surface area contributed by atoms with Gasteiger partial charge in [0.05, 0.1) is 30.1 Å². The van der Waals surface area contributed by atoms with Gasteiger partial charge in [0.25, 0.3) is 11.5 Å². The van der Waals surface area contributed by atoms with Gasteiger partial charge in [-0.15, -0.1) is 0 Å². The number of benzene rings is 2. The topological polar surface area (TPSA) is 73.2 Å². The van der Waals surface area contributed by atoms with E-state index < -0.39 is 6.04 Å². The maximum atomic E-state index is 13.0. The van der Waals surface area contributed by atoms with Crippen molar-refractivity contribution in [2.75, 3.05) is 13.7 Å². The molecule has 6 nitrogen and oxygen atoms in total. The van der Waals surface area contributed by atoms with Gasteiger partial charge in [-0.3, -0.25) is 14.2 Å². The summed E-state index contributed by atoms with van der Waals surface area (Å²) in [7, 11) is 1.59. The summed E-state index contributed by atoms with van der Waals surface area (Å²) >= 11 is 0. The number of nitrogens with zero attached hydrogens (tertiary/aromatic N) is 2. The lowest BCUT2D eigenvalue weighted by atomic mass is 10.1. The Morgan fingerprint density at radius 2 is 1.90 bits per heavy atom. The van der Waals surface area contributed by atoms with E-state index in [0.717, 1.165) is 19.3 Å². The molecule has 0 bridgehead atoms. The molecule has 3 rings (SSSR count). The summed E-state index contributed by atoms with van der Waals surface area (Å²) < 4.78 is 6.75. The number of nitrogens with one attached hydrogen (secondary N) is 1. The Hall–Kier alpha value is -2.99. The summed E-state index contributed by atoms with van der Waals surface area (Å²) in [6.45, 7) is 4.76. The van der Waals surface area contributed by atoms with E-state index in [1.165, 1.54) is 5.56 Å². The Morgan fingerprint density at radius 3 is 2.60 bits per heavy atom. The van der Waals surface area contributed by atoms with E-state index in [2.05, 4.69) is 17.2 Å². The lowest BCUT2D eigenvalue weighted by Gasteiger charge is -2.19. The molecule has 0 saturated carbocycles. The molecule has 0 radical (unpaired) electrons. The van der Waals surface area contributed by atoms with Crippen LogP contribution in [0.3, 0.4) is 0 Å². The predicted octanol–water partition coefficient (Wildman–Crippen LogP) is 3.88. The minimum absolute atomic E-state index is 0.131. The zero-order valence-corrected chi connectivity index (χ0v) is 17.9. The van der Waals surface area contributed by atoms with Crippen molar-refractivity contribution in [2.24, 2.45) is 0 Å². The molecular weight excluding hydrogens is 378 g/mol. The van der Waals surface area contributed by atoms with Gasteiger partial charge in [-0.25, -0.2) is 4.98 Å². The normalized spacial score (nSPS) is 12.1. The average Bonchev–Trinajstić information content (AvgIpc) is 2.77. The number of carbonyl (C=O) groups is 1. The van der Waals surface area contributed by atoms with Crippen LogP contribution in [0.1, 0.15) is 54.5 Å². The number of fused-ring (bicyclic) bond motifs is 1. The van der Waals surface area contributed by atoms with Crippen molar-refractivity contribution in [3.63, 3.8) is 0 Å². The number of aryl methyl sites for hydroxylation is 1. The highest BCUT2D eigenvalue weighted by Gasteiger charge is 2.19. The molecule has 1 N–H and O–H groups in total. The zero-order chi connectivity index (χ0) is 21.5. The quantitative estimate of drug-likeness (QED) is 0.584. The summed E-state index contributed by atoms with van der Waals surface area (Å²) in [5.74, 6) is 0.328. The van der Waals surface area contributed by atoms with Crippen LogP contribution in [0.2, 0.25) is 0 Å². The van der Waals surface area contributed by atoms with Crippen LogP contribution in [0.25, 0.3) is 10.9 Å². The van der Waals surface area contributed by atoms with Gasteiger partial charge in [-0.2, -0.15) is 0 Å². The molecule has 1 atom stereocenters. The maximum Gasteiger partial charge on any atom is 0.261 e. The number of ether oxygens (including phenoxy) is 1. The second-order valence-electron chi connectivity index (χ2n) is 7.43. The second kappa shape index (κ2) is 10.2. The molecule has 1 aromatic heterocycles. The summed E-state index contributed by atoms with van der Waals surface area (Å²) in [6, 6.07) is 14.5. The van der Waals surface area contributed by atoms with Gasteiger partial charge in [0.1, 0.15) is 5.82 Å². The van der Waals surface area contributed by atoms with E-state index in [9.17, 15) is 9.59 Å². The minimum atomic E-state index is -0.438. The maximum absolute atomic E-state index is 13.0. The van der Waals surface area contributed by atoms with E-state index in [-0.39, 0.29) is 11.5 Å². The van der Waals surface area contributed by atoms with E-state index in [1.54, 1.807) is 17.7 Å². The highest BCUT2D eigenvalue weighted by atomic mass is 16.5. The summed E-state index contributed by atoms with van der Waals surface area (Å²) in [4.78, 5) is 30.4. The molecular formula is C24H29N3O3. The SMILES string of the molecule is CCCCc1ccc(C(=O)N[C@@H](C)c2nc3ccccc3c(=O)n2CCOC)cc1. The largest absolute Gasteiger partial charge is 0.383 e. The van der Waals surface area contributed by atoms with Gasteiger partial charge < -0.3 is 10.1 Å². The third-order valence-corrected chi connectivity index (χ3v) is 5.18. The van der Waals surface area contributed by atoms with E-state index in [1.807, 2.05) is 49.4 Å². The molecule has 1 heterocycles. The molecule has 0 saturated heterocycles. The summed E-state index contributed by atoms with van der Waals surface area (Å²) in [5.41, 5.74) is 2.31. The second-order valence-corrected chi connectivity index (χ2v) is 7.43. The molecule has 6 heteroatoms. The molecule has 1 amide bonds. The smallest absolute Gasteiger partial charge is 0.261 e. The van der Waals surface area contributed by atoms with Crippen molar-refractivity contribution in [3.8, 4) is 0 Å². The molecule has 2 aromatic carbocycles. The fourth-order valence-corrected chi connectivity index (χ4v) is 3.46. The third-order valence-electron chi connectivity index (χ3n) is 5.18. The van der Waals surface area contributed by atoms with Crippen LogP contribution in [0.5, 0.6) is 0 Å². The van der Waals surface area contributed by atoms with Crippen LogP contribution in [-0.4, -0.2) is 29.2 Å². The Balaban J connectivity index is 1.85. The molecule has 0 aliphatic rings. The molecule has 3 aromatic rings. The molecule has 30 heavy (non-hydrogen) atoms. The highest BCUT2D eigenvalue weighted by Crippen LogP contribution is 2.15. The number of para-hydroxylation sites is 1. The monoisotopic (exact) mass is 407 g/mol. The number of carbonyl (C=O) groups excluding carboxylic acids is 1. The Kier molecular flexibility index (Phi) is 7.36. The lowest BCUT2D eigenvalue weighted by Crippen LogP contribution is -2.34. The molecule has 0 aliphatic heterocycles. The van der Waals surface area contributed by atoms with Crippen LogP contribution < -0.4 is 10.9 Å². The van der Waals surface area contributed by atoms with E-state index in [0.29, 0.717) is 35.4 Å². The van der Waals surface area contributed by atoms with Gasteiger partial charge in [0.2, 0.25) is 0 Å². The van der Waals surface area contributed by atoms with Crippen molar-refractivity contribution in [1.82, 2.24) is 14.9 Å². The van der Waals surface area contributed by atoms with Crippen molar-refractivity contribution < 1.29 is 9.53 Å². The minimum Gasteiger partial charge on any atom is -0.383 e. The zero-order valence-electron chi connectivity index (χ0n) is 17.9. The fraction of sp³-hybridized carbons (Fsp3) is 0.375. The molecule has 0 aliphatic carbocycles. The summed E-state index contributed by atoms with van der Waals surface area (Å²) in [6.07, 6.45) is 3.29. The van der Waals surface area contributed by atoms with Crippen molar-refractivity contribution >= 4 is 16.8 Å². The van der Waals surface area contributed by atoms with Crippen LogP contribution in [0, 0.1) is 0 Å². The average molecular weight is 408 g/mol. The first-order chi connectivity index (χ1) is 14.5. The van der Waals surface area contributed by atoms with Gasteiger partial charge >= 0.3 is 0 Å². The Labute approximate surface area is 176 Å². The van der Waals surface area contributed by atoms with Gasteiger partial charge in [-0.05, 0) is 49.6 Å². The number of methoxy groups -OCH3 is 1. The number of hydrogen-bond donors (Lipinski definition) is 1. The number of aromatic nitrogens is 2. The van der Waals surface area contributed by atoms with Crippen LogP contribution in [0.15, 0.2) is 53.3 Å². The molecule has 0 unspecified atom stereocenters. The van der Waals surface area contributed by atoms with Gasteiger partial charge in [0, 0.05) is 12.7 Å². The van der Waals surface area contributed by atoms with Crippen molar-refractivity contribution in [3.05, 3.63) is 75.8 Å². The summed E-state index contributed by atoms with van der Waals surface area (Å²) in [5, 5.41) is 3.54. The number of hydrogen-bond acceptors (Lipinski definition) is 4. The molecule has 0 fully saturated rings. The molecule has 158 valence electrons. The molecule has 0 spiro atoms.